The number of piperidine rings is 1. The number of ether oxygens (including phenoxy) is 1. The molecule has 2 aromatic rings. The number of rotatable bonds is 4. The van der Waals surface area contributed by atoms with Crippen LogP contribution < -0.4 is 9.64 Å². The molecule has 1 amide bonds. The number of carbonyl (C=O) groups is 1. The summed E-state index contributed by atoms with van der Waals surface area (Å²) in [5.74, 6) is -0.738. The number of anilines is 1. The van der Waals surface area contributed by atoms with Gasteiger partial charge in [0, 0.05) is 31.2 Å². The summed E-state index contributed by atoms with van der Waals surface area (Å²) in [7, 11) is -3.54. The summed E-state index contributed by atoms with van der Waals surface area (Å²) in [6.45, 7) is 1.00. The third kappa shape index (κ3) is 4.73. The molecule has 31 heavy (non-hydrogen) atoms. The maximum atomic E-state index is 13.2. The minimum atomic E-state index is -4.77. The van der Waals surface area contributed by atoms with Crippen LogP contribution in [-0.2, 0) is 21.2 Å². The van der Waals surface area contributed by atoms with Crippen LogP contribution in [0.25, 0.3) is 0 Å². The minimum Gasteiger partial charge on any atom is -0.406 e. The van der Waals surface area contributed by atoms with Crippen molar-refractivity contribution in [2.75, 3.05) is 24.5 Å². The second kappa shape index (κ2) is 8.44. The number of fused-ring (bicyclic) bond motifs is 1. The maximum Gasteiger partial charge on any atom is 0.573 e. The topological polar surface area (TPSA) is 66.9 Å². The standard InChI is InChI=1S/C20H21F3N2O4S2/c21-20(22,23)29-16-5-6-17-15(13-16)3-1-9-25(17)19(26)14-7-10-24(11-8-14)31(27,28)18-4-2-12-30-18/h2,4-6,12-14H,1,3,7-11H2. The summed E-state index contributed by atoms with van der Waals surface area (Å²) in [6, 6.07) is 7.29. The molecule has 0 saturated carbocycles. The van der Waals surface area contributed by atoms with Crippen molar-refractivity contribution < 1.29 is 31.1 Å². The van der Waals surface area contributed by atoms with Gasteiger partial charge in [0.2, 0.25) is 5.91 Å². The molecule has 0 spiro atoms. The first-order valence-corrected chi connectivity index (χ1v) is 12.2. The summed E-state index contributed by atoms with van der Waals surface area (Å²) in [5.41, 5.74) is 1.23. The van der Waals surface area contributed by atoms with E-state index in [0.29, 0.717) is 47.7 Å². The highest BCUT2D eigenvalue weighted by Crippen LogP contribution is 2.35. The van der Waals surface area contributed by atoms with Crippen LogP contribution in [0, 0.1) is 5.92 Å². The Morgan fingerprint density at radius 2 is 1.87 bits per heavy atom. The molecule has 1 aromatic heterocycles. The van der Waals surface area contributed by atoms with E-state index in [1.54, 1.807) is 22.4 Å². The monoisotopic (exact) mass is 474 g/mol. The molecule has 4 rings (SSSR count). The molecule has 11 heteroatoms. The number of amides is 1. The Morgan fingerprint density at radius 3 is 2.52 bits per heavy atom. The van der Waals surface area contributed by atoms with Crippen molar-refractivity contribution >= 4 is 33.0 Å². The number of hydrogen-bond acceptors (Lipinski definition) is 5. The van der Waals surface area contributed by atoms with Crippen molar-refractivity contribution in [1.29, 1.82) is 0 Å². The summed E-state index contributed by atoms with van der Waals surface area (Å²) < 4.78 is 68.5. The highest BCUT2D eigenvalue weighted by Gasteiger charge is 2.36. The number of sulfonamides is 1. The van der Waals surface area contributed by atoms with E-state index in [1.807, 2.05) is 0 Å². The van der Waals surface area contributed by atoms with Crippen LogP contribution >= 0.6 is 11.3 Å². The average molecular weight is 475 g/mol. The van der Waals surface area contributed by atoms with Gasteiger partial charge in [-0.25, -0.2) is 8.42 Å². The van der Waals surface area contributed by atoms with Crippen LogP contribution in [0.1, 0.15) is 24.8 Å². The van der Waals surface area contributed by atoms with E-state index in [9.17, 15) is 26.4 Å². The first-order chi connectivity index (χ1) is 14.6. The molecule has 3 heterocycles. The van der Waals surface area contributed by atoms with Gasteiger partial charge in [-0.3, -0.25) is 4.79 Å². The largest absolute Gasteiger partial charge is 0.573 e. The molecule has 2 aliphatic heterocycles. The van der Waals surface area contributed by atoms with Gasteiger partial charge in [0.05, 0.1) is 0 Å². The Hall–Kier alpha value is -2.11. The second-order valence-electron chi connectivity index (χ2n) is 7.54. The van der Waals surface area contributed by atoms with Crippen molar-refractivity contribution in [3.8, 4) is 5.75 Å². The number of carbonyl (C=O) groups excluding carboxylic acids is 1. The van der Waals surface area contributed by atoms with Gasteiger partial charge in [-0.05, 0) is 60.9 Å². The van der Waals surface area contributed by atoms with Gasteiger partial charge in [-0.1, -0.05) is 6.07 Å². The smallest absolute Gasteiger partial charge is 0.406 e. The molecule has 1 fully saturated rings. The van der Waals surface area contributed by atoms with E-state index >= 15 is 0 Å². The van der Waals surface area contributed by atoms with E-state index in [4.69, 9.17) is 0 Å². The quantitative estimate of drug-likeness (QED) is 0.671. The molecule has 168 valence electrons. The zero-order chi connectivity index (χ0) is 22.2. The molecule has 0 unspecified atom stereocenters. The van der Waals surface area contributed by atoms with Crippen molar-refractivity contribution in [3.63, 3.8) is 0 Å². The summed E-state index contributed by atoms with van der Waals surface area (Å²) in [4.78, 5) is 14.8. The Balaban J connectivity index is 1.44. The molecule has 0 radical (unpaired) electrons. The third-order valence-electron chi connectivity index (χ3n) is 5.56. The highest BCUT2D eigenvalue weighted by molar-refractivity contribution is 7.91. The van der Waals surface area contributed by atoms with E-state index in [1.165, 1.54) is 22.5 Å². The first kappa shape index (κ1) is 22.1. The molecular weight excluding hydrogens is 453 g/mol. The van der Waals surface area contributed by atoms with Crippen molar-refractivity contribution in [2.24, 2.45) is 5.92 Å². The number of aryl methyl sites for hydroxylation is 1. The van der Waals surface area contributed by atoms with Gasteiger partial charge in [0.25, 0.3) is 10.0 Å². The molecular formula is C20H21F3N2O4S2. The van der Waals surface area contributed by atoms with Crippen LogP contribution in [-0.4, -0.2) is 44.6 Å². The Labute approximate surface area is 182 Å². The van der Waals surface area contributed by atoms with Crippen LogP contribution in [0.2, 0.25) is 0 Å². The predicted molar refractivity (Wildman–Crippen MR) is 110 cm³/mol. The Morgan fingerprint density at radius 1 is 1.13 bits per heavy atom. The van der Waals surface area contributed by atoms with E-state index in [0.717, 1.165) is 11.3 Å². The fourth-order valence-electron chi connectivity index (χ4n) is 4.10. The van der Waals surface area contributed by atoms with Crippen molar-refractivity contribution in [3.05, 3.63) is 41.3 Å². The zero-order valence-corrected chi connectivity index (χ0v) is 18.1. The number of alkyl halides is 3. The van der Waals surface area contributed by atoms with Crippen molar-refractivity contribution in [1.82, 2.24) is 4.31 Å². The normalized spacial score (nSPS) is 18.6. The predicted octanol–water partition coefficient (Wildman–Crippen LogP) is 4.03. The van der Waals surface area contributed by atoms with Crippen LogP contribution in [0.4, 0.5) is 18.9 Å². The van der Waals surface area contributed by atoms with Crippen molar-refractivity contribution in [2.45, 2.75) is 36.3 Å². The summed E-state index contributed by atoms with van der Waals surface area (Å²) in [6.07, 6.45) is -2.75. The number of hydrogen-bond donors (Lipinski definition) is 0. The third-order valence-corrected chi connectivity index (χ3v) is 8.83. The highest BCUT2D eigenvalue weighted by atomic mass is 32.2. The molecule has 1 saturated heterocycles. The van der Waals surface area contributed by atoms with E-state index in [-0.39, 0.29) is 30.7 Å². The number of nitrogens with zero attached hydrogens (tertiary/aromatic N) is 2. The SMILES string of the molecule is O=C(C1CCN(S(=O)(=O)c2cccs2)CC1)N1CCCc2cc(OC(F)(F)F)ccc21. The first-order valence-electron chi connectivity index (χ1n) is 9.89. The average Bonchev–Trinajstić information content (AvgIpc) is 3.27. The Bertz CT molecular complexity index is 1050. The fraction of sp³-hybridized carbons (Fsp3) is 0.450. The molecule has 0 bridgehead atoms. The lowest BCUT2D eigenvalue weighted by Crippen LogP contribution is -2.45. The van der Waals surface area contributed by atoms with Gasteiger partial charge in [0.1, 0.15) is 9.96 Å². The van der Waals surface area contributed by atoms with E-state index in [2.05, 4.69) is 4.74 Å². The van der Waals surface area contributed by atoms with E-state index < -0.39 is 16.4 Å². The lowest BCUT2D eigenvalue weighted by Gasteiger charge is -2.36. The maximum absolute atomic E-state index is 13.2. The number of benzene rings is 1. The zero-order valence-electron chi connectivity index (χ0n) is 16.5. The van der Waals surface area contributed by atoms with Gasteiger partial charge in [0.15, 0.2) is 0 Å². The molecule has 0 aliphatic carbocycles. The van der Waals surface area contributed by atoms with Gasteiger partial charge in [-0.2, -0.15) is 4.31 Å². The van der Waals surface area contributed by atoms with Crippen LogP contribution in [0.15, 0.2) is 39.9 Å². The number of halogens is 3. The fourth-order valence-corrected chi connectivity index (χ4v) is 6.71. The Kier molecular flexibility index (Phi) is 6.01. The lowest BCUT2D eigenvalue weighted by molar-refractivity contribution is -0.274. The van der Waals surface area contributed by atoms with Gasteiger partial charge < -0.3 is 9.64 Å². The van der Waals surface area contributed by atoms with Crippen LogP contribution in [0.5, 0.6) is 5.75 Å². The molecule has 6 nitrogen and oxygen atoms in total. The summed E-state index contributed by atoms with van der Waals surface area (Å²) in [5, 5.41) is 1.71. The van der Waals surface area contributed by atoms with Crippen LogP contribution in [0.3, 0.4) is 0 Å². The van der Waals surface area contributed by atoms with Gasteiger partial charge in [-0.15, -0.1) is 24.5 Å². The lowest BCUT2D eigenvalue weighted by atomic mass is 9.94. The second-order valence-corrected chi connectivity index (χ2v) is 10.7. The minimum absolute atomic E-state index is 0.112. The number of thiophene rings is 1. The molecule has 0 atom stereocenters. The molecule has 2 aliphatic rings. The molecule has 0 N–H and O–H groups in total. The van der Waals surface area contributed by atoms with Gasteiger partial charge >= 0.3 is 6.36 Å². The summed E-state index contributed by atoms with van der Waals surface area (Å²) >= 11 is 1.16. The molecule has 1 aromatic carbocycles.